The molecule has 2 aliphatic rings. The highest BCUT2D eigenvalue weighted by molar-refractivity contribution is 7.89. The number of carbonyl (C=O) groups excluding carboxylic acids is 2. The molecule has 4 rings (SSSR count). The first-order chi connectivity index (χ1) is 16.8. The van der Waals surface area contributed by atoms with Crippen LogP contribution in [0.5, 0.6) is 0 Å². The van der Waals surface area contributed by atoms with Crippen molar-refractivity contribution >= 4 is 39.1 Å². The van der Waals surface area contributed by atoms with Crippen molar-refractivity contribution in [3.05, 3.63) is 70.3 Å². The molecule has 0 spiro atoms. The summed E-state index contributed by atoms with van der Waals surface area (Å²) in [4.78, 5) is 27.2. The molecular formula is C24H25ClN2O7S. The molecule has 2 aromatic carbocycles. The molecule has 11 heteroatoms. The normalized spacial score (nSPS) is 21.0. The van der Waals surface area contributed by atoms with Gasteiger partial charge in [-0.1, -0.05) is 23.7 Å². The Balaban J connectivity index is 1.74. The summed E-state index contributed by atoms with van der Waals surface area (Å²) in [6.45, 7) is 1.49. The third-order valence-electron chi connectivity index (χ3n) is 5.98. The molecule has 9 nitrogen and oxygen atoms in total. The van der Waals surface area contributed by atoms with Crippen LogP contribution in [-0.2, 0) is 29.1 Å². The Kier molecular flexibility index (Phi) is 7.58. The predicted molar refractivity (Wildman–Crippen MR) is 128 cm³/mol. The van der Waals surface area contributed by atoms with Crippen molar-refractivity contribution in [1.82, 2.24) is 9.21 Å². The minimum atomic E-state index is -3.72. The zero-order valence-electron chi connectivity index (χ0n) is 19.0. The van der Waals surface area contributed by atoms with Crippen molar-refractivity contribution in [2.75, 3.05) is 46.6 Å². The molecule has 0 radical (unpaired) electrons. The number of sulfonamides is 1. The van der Waals surface area contributed by atoms with E-state index in [2.05, 4.69) is 0 Å². The first-order valence-electron chi connectivity index (χ1n) is 11.0. The molecule has 0 aromatic heterocycles. The SMILES string of the molecule is COCCN1C(=O)C(=O)/C(=C(/O)c2ccc(S(=O)(=O)N3CCOCC3)cc2)[C@H]1c1cccc(Cl)c1. The highest BCUT2D eigenvalue weighted by Crippen LogP contribution is 2.40. The van der Waals surface area contributed by atoms with Gasteiger partial charge in [-0.3, -0.25) is 9.59 Å². The first-order valence-corrected chi connectivity index (χ1v) is 12.8. The van der Waals surface area contributed by atoms with E-state index in [4.69, 9.17) is 21.1 Å². The van der Waals surface area contributed by atoms with Gasteiger partial charge in [-0.15, -0.1) is 0 Å². The minimum absolute atomic E-state index is 0.0582. The Hall–Kier alpha value is -2.76. The zero-order chi connectivity index (χ0) is 25.2. The molecule has 1 amide bonds. The van der Waals surface area contributed by atoms with E-state index in [1.165, 1.54) is 40.6 Å². The Morgan fingerprint density at radius 2 is 1.83 bits per heavy atom. The Labute approximate surface area is 208 Å². The first kappa shape index (κ1) is 25.3. The van der Waals surface area contributed by atoms with E-state index in [1.54, 1.807) is 24.3 Å². The van der Waals surface area contributed by atoms with Crippen LogP contribution >= 0.6 is 11.6 Å². The van der Waals surface area contributed by atoms with Crippen LogP contribution in [0.3, 0.4) is 0 Å². The highest BCUT2D eigenvalue weighted by Gasteiger charge is 2.46. The number of ketones is 1. The van der Waals surface area contributed by atoms with E-state index >= 15 is 0 Å². The van der Waals surface area contributed by atoms with E-state index in [0.29, 0.717) is 23.8 Å². The summed E-state index contributed by atoms with van der Waals surface area (Å²) in [5.41, 5.74) is 0.667. The van der Waals surface area contributed by atoms with Gasteiger partial charge in [-0.25, -0.2) is 8.42 Å². The number of aliphatic hydroxyl groups excluding tert-OH is 1. The van der Waals surface area contributed by atoms with Crippen LogP contribution in [0.15, 0.2) is 59.0 Å². The lowest BCUT2D eigenvalue weighted by Gasteiger charge is -2.26. The summed E-state index contributed by atoms with van der Waals surface area (Å²) < 4.78 is 37.4. The quantitative estimate of drug-likeness (QED) is 0.339. The van der Waals surface area contributed by atoms with Gasteiger partial charge >= 0.3 is 0 Å². The van der Waals surface area contributed by atoms with E-state index < -0.39 is 33.5 Å². The van der Waals surface area contributed by atoms with E-state index in [1.807, 2.05) is 0 Å². The molecule has 0 bridgehead atoms. The summed E-state index contributed by atoms with van der Waals surface area (Å²) >= 11 is 6.16. The lowest BCUT2D eigenvalue weighted by Crippen LogP contribution is -2.40. The molecule has 0 saturated carbocycles. The molecule has 2 aliphatic heterocycles. The molecule has 186 valence electrons. The summed E-state index contributed by atoms with van der Waals surface area (Å²) in [5, 5.41) is 11.5. The zero-order valence-corrected chi connectivity index (χ0v) is 20.6. The number of benzene rings is 2. The maximum atomic E-state index is 13.0. The molecule has 0 unspecified atom stereocenters. The number of hydrogen-bond donors (Lipinski definition) is 1. The lowest BCUT2D eigenvalue weighted by atomic mass is 9.95. The summed E-state index contributed by atoms with van der Waals surface area (Å²) in [7, 11) is -2.24. The van der Waals surface area contributed by atoms with Gasteiger partial charge in [0.2, 0.25) is 10.0 Å². The average Bonchev–Trinajstić information content (AvgIpc) is 3.12. The number of Topliss-reactive ketones (excluding diaryl/α,β-unsaturated/α-hetero) is 1. The number of carbonyl (C=O) groups is 2. The van der Waals surface area contributed by atoms with Crippen molar-refractivity contribution in [1.29, 1.82) is 0 Å². The topological polar surface area (TPSA) is 113 Å². The van der Waals surface area contributed by atoms with Crippen molar-refractivity contribution in [3.63, 3.8) is 0 Å². The number of methoxy groups -OCH3 is 1. The van der Waals surface area contributed by atoms with Gasteiger partial charge in [0.25, 0.3) is 11.7 Å². The van der Waals surface area contributed by atoms with Crippen LogP contribution in [-0.4, -0.2) is 81.0 Å². The van der Waals surface area contributed by atoms with Gasteiger partial charge in [-0.2, -0.15) is 4.31 Å². The van der Waals surface area contributed by atoms with Crippen molar-refractivity contribution in [2.45, 2.75) is 10.9 Å². The fourth-order valence-electron chi connectivity index (χ4n) is 4.20. The molecule has 2 aromatic rings. The van der Waals surface area contributed by atoms with E-state index in [9.17, 15) is 23.1 Å². The van der Waals surface area contributed by atoms with Crippen molar-refractivity contribution < 1.29 is 32.6 Å². The fraction of sp³-hybridized carbons (Fsp3) is 0.333. The Bertz CT molecular complexity index is 1250. The van der Waals surface area contributed by atoms with Crippen molar-refractivity contribution in [3.8, 4) is 0 Å². The van der Waals surface area contributed by atoms with Gasteiger partial charge < -0.3 is 19.5 Å². The Morgan fingerprint density at radius 1 is 1.14 bits per heavy atom. The van der Waals surface area contributed by atoms with E-state index in [-0.39, 0.29) is 42.3 Å². The lowest BCUT2D eigenvalue weighted by molar-refractivity contribution is -0.140. The number of aliphatic hydroxyl groups is 1. The van der Waals surface area contributed by atoms with Crippen molar-refractivity contribution in [2.24, 2.45) is 0 Å². The minimum Gasteiger partial charge on any atom is -0.507 e. The molecule has 1 N–H and O–H groups in total. The number of amides is 1. The standard InChI is InChI=1S/C24H25ClN2O7S/c1-33-12-11-27-21(17-3-2-4-18(25)15-17)20(23(29)24(27)30)22(28)16-5-7-19(8-6-16)35(31,32)26-9-13-34-14-10-26/h2-8,15,21,28H,9-14H2,1H3/b22-20+/t21-/m1/s1. The fourth-order valence-corrected chi connectivity index (χ4v) is 5.81. The largest absolute Gasteiger partial charge is 0.507 e. The van der Waals surface area contributed by atoms with Gasteiger partial charge in [0, 0.05) is 37.3 Å². The number of rotatable bonds is 7. The Morgan fingerprint density at radius 3 is 2.46 bits per heavy atom. The van der Waals surface area contributed by atoms with Gasteiger partial charge in [0.05, 0.1) is 36.3 Å². The van der Waals surface area contributed by atoms with E-state index in [0.717, 1.165) is 0 Å². The second-order valence-corrected chi connectivity index (χ2v) is 10.5. The molecule has 2 saturated heterocycles. The average molecular weight is 521 g/mol. The summed E-state index contributed by atoms with van der Waals surface area (Å²) in [5.74, 6) is -2.00. The maximum absolute atomic E-state index is 13.0. The number of nitrogens with zero attached hydrogens (tertiary/aromatic N) is 2. The van der Waals surface area contributed by atoms with Crippen LogP contribution < -0.4 is 0 Å². The molecule has 2 fully saturated rings. The second kappa shape index (κ2) is 10.5. The van der Waals surface area contributed by atoms with Crippen LogP contribution in [0, 0.1) is 0 Å². The van der Waals surface area contributed by atoms with Gasteiger partial charge in [-0.05, 0) is 42.0 Å². The highest BCUT2D eigenvalue weighted by atomic mass is 35.5. The number of hydrogen-bond acceptors (Lipinski definition) is 7. The van der Waals surface area contributed by atoms with Gasteiger partial charge in [0.15, 0.2) is 0 Å². The smallest absolute Gasteiger partial charge is 0.295 e. The molecule has 1 atom stereocenters. The van der Waals surface area contributed by atoms with Crippen LogP contribution in [0.2, 0.25) is 5.02 Å². The number of morpholine rings is 1. The maximum Gasteiger partial charge on any atom is 0.295 e. The summed E-state index contributed by atoms with van der Waals surface area (Å²) in [6.07, 6.45) is 0. The second-order valence-electron chi connectivity index (χ2n) is 8.08. The van der Waals surface area contributed by atoms with Crippen LogP contribution in [0.25, 0.3) is 5.76 Å². The molecule has 2 heterocycles. The van der Waals surface area contributed by atoms with Crippen LogP contribution in [0.1, 0.15) is 17.2 Å². The third-order valence-corrected chi connectivity index (χ3v) is 8.12. The van der Waals surface area contributed by atoms with Crippen LogP contribution in [0.4, 0.5) is 0 Å². The summed E-state index contributed by atoms with van der Waals surface area (Å²) in [6, 6.07) is 11.4. The number of likely N-dealkylation sites (tertiary alicyclic amines) is 1. The predicted octanol–water partition coefficient (Wildman–Crippen LogP) is 2.43. The third kappa shape index (κ3) is 4.98. The molecular weight excluding hydrogens is 496 g/mol. The molecule has 35 heavy (non-hydrogen) atoms. The molecule has 0 aliphatic carbocycles. The number of halogens is 1. The monoisotopic (exact) mass is 520 g/mol. The number of ether oxygens (including phenoxy) is 2. The van der Waals surface area contributed by atoms with Gasteiger partial charge in [0.1, 0.15) is 5.76 Å².